The van der Waals surface area contributed by atoms with Gasteiger partial charge in [0.1, 0.15) is 0 Å². The van der Waals surface area contributed by atoms with Gasteiger partial charge in [-0.25, -0.2) is 0 Å². The van der Waals surface area contributed by atoms with Crippen LogP contribution in [0.4, 0.5) is 5.69 Å². The van der Waals surface area contributed by atoms with E-state index in [0.717, 1.165) is 3.79 Å². The number of thiophene rings is 1. The number of hydrogen-bond acceptors (Lipinski definition) is 4. The van der Waals surface area contributed by atoms with E-state index in [4.69, 9.17) is 5.73 Å². The molecule has 0 saturated heterocycles. The van der Waals surface area contributed by atoms with Crippen LogP contribution in [0.15, 0.2) is 40.2 Å². The molecular weight excluding hydrogens is 370 g/mol. The van der Waals surface area contributed by atoms with Gasteiger partial charge in [0.15, 0.2) is 0 Å². The molecule has 0 aliphatic rings. The van der Waals surface area contributed by atoms with E-state index in [1.807, 2.05) is 0 Å². The molecule has 0 spiro atoms. The fourth-order valence-electron chi connectivity index (χ4n) is 1.60. The third-order valence-corrected chi connectivity index (χ3v) is 4.25. The van der Waals surface area contributed by atoms with Crippen LogP contribution in [0.3, 0.4) is 0 Å². The molecule has 0 atom stereocenters. The first-order chi connectivity index (χ1) is 10.5. The molecule has 0 unspecified atom stereocenters. The Bertz CT molecular complexity index is 712. The normalized spacial score (nSPS) is 10.0. The molecule has 114 valence electrons. The number of amides is 3. The van der Waals surface area contributed by atoms with E-state index in [0.29, 0.717) is 16.1 Å². The number of anilines is 1. The van der Waals surface area contributed by atoms with E-state index < -0.39 is 11.8 Å². The Morgan fingerprint density at radius 1 is 1.05 bits per heavy atom. The first kappa shape index (κ1) is 16.2. The number of benzene rings is 1. The van der Waals surface area contributed by atoms with Gasteiger partial charge in [0.25, 0.3) is 11.8 Å². The molecule has 6 nitrogen and oxygen atoms in total. The number of carbonyl (C=O) groups excluding carboxylic acids is 3. The lowest BCUT2D eigenvalue weighted by Gasteiger charge is -2.06. The SMILES string of the molecule is NC(=O)CNC(=O)c1ccc(NC(=O)c2ccc(Br)s2)cc1. The fraction of sp³-hybridized carbons (Fsp3) is 0.0714. The molecule has 0 aliphatic carbocycles. The predicted octanol–water partition coefficient (Wildman–Crippen LogP) is 1.98. The van der Waals surface area contributed by atoms with Crippen molar-refractivity contribution in [2.75, 3.05) is 11.9 Å². The van der Waals surface area contributed by atoms with Gasteiger partial charge in [-0.05, 0) is 52.3 Å². The maximum atomic E-state index is 12.0. The van der Waals surface area contributed by atoms with Crippen LogP contribution in [0.5, 0.6) is 0 Å². The molecule has 4 N–H and O–H groups in total. The second-order valence-corrected chi connectivity index (χ2v) is 6.75. The van der Waals surface area contributed by atoms with Gasteiger partial charge in [0.05, 0.1) is 15.2 Å². The maximum absolute atomic E-state index is 12.0. The van der Waals surface area contributed by atoms with Crippen LogP contribution in [-0.2, 0) is 4.79 Å². The zero-order chi connectivity index (χ0) is 16.1. The van der Waals surface area contributed by atoms with Crippen molar-refractivity contribution in [2.45, 2.75) is 0 Å². The van der Waals surface area contributed by atoms with Gasteiger partial charge in [0, 0.05) is 11.3 Å². The number of hydrogen-bond donors (Lipinski definition) is 3. The molecule has 0 saturated carbocycles. The summed E-state index contributed by atoms with van der Waals surface area (Å²) in [6.45, 7) is -0.218. The van der Waals surface area contributed by atoms with E-state index >= 15 is 0 Å². The molecule has 1 aromatic heterocycles. The minimum atomic E-state index is -0.612. The highest BCUT2D eigenvalue weighted by molar-refractivity contribution is 9.11. The van der Waals surface area contributed by atoms with E-state index in [9.17, 15) is 14.4 Å². The van der Waals surface area contributed by atoms with Crippen LogP contribution in [0.25, 0.3) is 0 Å². The highest BCUT2D eigenvalue weighted by atomic mass is 79.9. The number of nitrogens with one attached hydrogen (secondary N) is 2. The second kappa shape index (κ2) is 7.19. The predicted molar refractivity (Wildman–Crippen MR) is 87.9 cm³/mol. The summed E-state index contributed by atoms with van der Waals surface area (Å²) in [6, 6.07) is 9.84. The fourth-order valence-corrected chi connectivity index (χ4v) is 2.88. The number of primary amides is 1. The van der Waals surface area contributed by atoms with Crippen molar-refractivity contribution < 1.29 is 14.4 Å². The molecule has 0 bridgehead atoms. The highest BCUT2D eigenvalue weighted by Crippen LogP contribution is 2.23. The van der Waals surface area contributed by atoms with Crippen molar-refractivity contribution in [1.82, 2.24) is 5.32 Å². The summed E-state index contributed by atoms with van der Waals surface area (Å²) in [5.41, 5.74) is 5.89. The molecule has 1 aromatic carbocycles. The summed E-state index contributed by atoms with van der Waals surface area (Å²) in [5.74, 6) is -1.24. The Morgan fingerprint density at radius 3 is 2.27 bits per heavy atom. The zero-order valence-electron chi connectivity index (χ0n) is 11.3. The van der Waals surface area contributed by atoms with E-state index in [1.165, 1.54) is 11.3 Å². The summed E-state index contributed by atoms with van der Waals surface area (Å²) >= 11 is 4.63. The van der Waals surface area contributed by atoms with E-state index in [1.54, 1.807) is 36.4 Å². The van der Waals surface area contributed by atoms with Crippen LogP contribution >= 0.6 is 27.3 Å². The first-order valence-electron chi connectivity index (χ1n) is 6.19. The summed E-state index contributed by atoms with van der Waals surface area (Å²) in [5, 5.41) is 5.12. The molecule has 2 rings (SSSR count). The summed E-state index contributed by atoms with van der Waals surface area (Å²) < 4.78 is 0.874. The van der Waals surface area contributed by atoms with Crippen molar-refractivity contribution in [3.63, 3.8) is 0 Å². The summed E-state index contributed by atoms with van der Waals surface area (Å²) in [6.07, 6.45) is 0. The lowest BCUT2D eigenvalue weighted by atomic mass is 10.2. The minimum Gasteiger partial charge on any atom is -0.368 e. The molecule has 0 fully saturated rings. The summed E-state index contributed by atoms with van der Waals surface area (Å²) in [4.78, 5) is 34.9. The molecule has 1 heterocycles. The topological polar surface area (TPSA) is 101 Å². The Morgan fingerprint density at radius 2 is 1.73 bits per heavy atom. The Balaban J connectivity index is 1.98. The molecule has 3 amide bonds. The van der Waals surface area contributed by atoms with Crippen LogP contribution in [0.2, 0.25) is 0 Å². The molecule has 0 radical (unpaired) electrons. The van der Waals surface area contributed by atoms with Gasteiger partial charge in [0.2, 0.25) is 5.91 Å². The average Bonchev–Trinajstić information content (AvgIpc) is 2.92. The average molecular weight is 382 g/mol. The number of carbonyl (C=O) groups is 3. The van der Waals surface area contributed by atoms with Gasteiger partial charge < -0.3 is 16.4 Å². The smallest absolute Gasteiger partial charge is 0.265 e. The summed E-state index contributed by atoms with van der Waals surface area (Å²) in [7, 11) is 0. The quantitative estimate of drug-likeness (QED) is 0.737. The van der Waals surface area contributed by atoms with Crippen LogP contribution in [0.1, 0.15) is 20.0 Å². The maximum Gasteiger partial charge on any atom is 0.265 e. The molecule has 0 aliphatic heterocycles. The van der Waals surface area contributed by atoms with Gasteiger partial charge in [-0.2, -0.15) is 0 Å². The van der Waals surface area contributed by atoms with Crippen molar-refractivity contribution in [3.05, 3.63) is 50.6 Å². The third-order valence-electron chi connectivity index (χ3n) is 2.63. The lowest BCUT2D eigenvalue weighted by molar-refractivity contribution is -0.117. The lowest BCUT2D eigenvalue weighted by Crippen LogP contribution is -2.33. The molecule has 22 heavy (non-hydrogen) atoms. The monoisotopic (exact) mass is 381 g/mol. The molecule has 8 heteroatoms. The van der Waals surface area contributed by atoms with Gasteiger partial charge in [-0.15, -0.1) is 11.3 Å². The number of halogens is 1. The van der Waals surface area contributed by atoms with Gasteiger partial charge in [-0.1, -0.05) is 0 Å². The Hall–Kier alpha value is -2.19. The largest absolute Gasteiger partial charge is 0.368 e. The van der Waals surface area contributed by atoms with Gasteiger partial charge >= 0.3 is 0 Å². The second-order valence-electron chi connectivity index (χ2n) is 4.28. The minimum absolute atomic E-state index is 0.218. The first-order valence-corrected chi connectivity index (χ1v) is 7.80. The van der Waals surface area contributed by atoms with Crippen LogP contribution < -0.4 is 16.4 Å². The van der Waals surface area contributed by atoms with Crippen LogP contribution in [0, 0.1) is 0 Å². The Labute approximate surface area is 138 Å². The third kappa shape index (κ3) is 4.40. The van der Waals surface area contributed by atoms with E-state index in [2.05, 4.69) is 26.6 Å². The van der Waals surface area contributed by atoms with E-state index in [-0.39, 0.29) is 12.5 Å². The zero-order valence-corrected chi connectivity index (χ0v) is 13.7. The van der Waals surface area contributed by atoms with Crippen molar-refractivity contribution in [1.29, 1.82) is 0 Å². The van der Waals surface area contributed by atoms with Gasteiger partial charge in [-0.3, -0.25) is 14.4 Å². The van der Waals surface area contributed by atoms with Crippen molar-refractivity contribution in [3.8, 4) is 0 Å². The molecular formula is C14H12BrN3O3S. The molecule has 2 aromatic rings. The standard InChI is InChI=1S/C14H12BrN3O3S/c15-11-6-5-10(22-11)14(21)18-9-3-1-8(2-4-9)13(20)17-7-12(16)19/h1-6H,7H2,(H2,16,19)(H,17,20)(H,18,21). The Kier molecular flexibility index (Phi) is 5.29. The van der Waals surface area contributed by atoms with Crippen molar-refractivity contribution >= 4 is 50.7 Å². The number of nitrogens with two attached hydrogens (primary N) is 1. The number of rotatable bonds is 5. The van der Waals surface area contributed by atoms with Crippen molar-refractivity contribution in [2.24, 2.45) is 5.73 Å². The highest BCUT2D eigenvalue weighted by Gasteiger charge is 2.10. The van der Waals surface area contributed by atoms with Crippen LogP contribution in [-0.4, -0.2) is 24.3 Å².